The number of halogens is 2. The van der Waals surface area contributed by atoms with Crippen molar-refractivity contribution in [1.82, 2.24) is 24.8 Å². The Hall–Kier alpha value is -3.34. The fraction of sp³-hybridized carbons (Fsp3) is 0.406. The van der Waals surface area contributed by atoms with E-state index < -0.39 is 33.0 Å². The molecule has 2 amide bonds. The molecule has 5 rings (SSSR count). The number of hydrogen-bond acceptors (Lipinski definition) is 10. The Morgan fingerprint density at radius 1 is 1.15 bits per heavy atom. The number of alkyl halides is 2. The Bertz CT molecular complexity index is 1670. The van der Waals surface area contributed by atoms with E-state index in [-0.39, 0.29) is 31.5 Å². The molecule has 14 heteroatoms. The number of fused-ring (bicyclic) bond motifs is 1. The maximum atomic E-state index is 13.9. The molecule has 0 bridgehead atoms. The van der Waals surface area contributed by atoms with E-state index in [4.69, 9.17) is 10.1 Å². The van der Waals surface area contributed by atoms with Crippen LogP contribution >= 0.6 is 15.9 Å². The number of ether oxygens (including phenoxy) is 1. The molecule has 244 valence electrons. The molecule has 2 aromatic heterocycles. The van der Waals surface area contributed by atoms with Crippen LogP contribution in [0, 0.1) is 19.3 Å². The van der Waals surface area contributed by atoms with Crippen LogP contribution in [0.1, 0.15) is 30.3 Å². The summed E-state index contributed by atoms with van der Waals surface area (Å²) in [5.74, 6) is 0.169. The molecular formula is C32H37BrIN8O4-. The van der Waals surface area contributed by atoms with Crippen molar-refractivity contribution in [1.29, 1.82) is 5.41 Å². The van der Waals surface area contributed by atoms with Crippen molar-refractivity contribution in [3.63, 3.8) is 0 Å². The van der Waals surface area contributed by atoms with E-state index in [1.807, 2.05) is 39.2 Å². The molecule has 3 aromatic rings. The molecule has 4 heterocycles. The first-order valence-corrected chi connectivity index (χ1v) is 17.9. The van der Waals surface area contributed by atoms with Gasteiger partial charge in [-0.1, -0.05) is 0 Å². The molecule has 0 aliphatic carbocycles. The molecule has 3 atom stereocenters. The van der Waals surface area contributed by atoms with Gasteiger partial charge in [-0.3, -0.25) is 0 Å². The summed E-state index contributed by atoms with van der Waals surface area (Å²) in [7, 11) is 3.98. The SMILES string of the molecule is CC(=O)C(=N)c1cc(-c2cnc(C)nc2)ccc1NCC(=O)N1[C@H](C(=O)Nc2nc(Br)ccc2C)C[C@@]2(COCCN(C)C)[I-][C@@H]12. The molecule has 46 heavy (non-hydrogen) atoms. The number of nitrogens with one attached hydrogen (secondary N) is 3. The van der Waals surface area contributed by atoms with Gasteiger partial charge in [-0.05, 0) is 6.92 Å². The summed E-state index contributed by atoms with van der Waals surface area (Å²) in [5, 5.41) is 14.6. The summed E-state index contributed by atoms with van der Waals surface area (Å²) in [6, 6.07) is 8.31. The number of ketones is 1. The van der Waals surface area contributed by atoms with Crippen molar-refractivity contribution < 1.29 is 40.3 Å². The van der Waals surface area contributed by atoms with Crippen LogP contribution in [0.3, 0.4) is 0 Å². The van der Waals surface area contributed by atoms with Crippen LogP contribution in [-0.2, 0) is 19.1 Å². The van der Waals surface area contributed by atoms with Gasteiger partial charge in [0.1, 0.15) is 5.82 Å². The minimum atomic E-state index is -0.677. The van der Waals surface area contributed by atoms with E-state index in [1.54, 1.807) is 36.4 Å². The normalized spacial score (nSPS) is 20.1. The molecule has 2 aliphatic heterocycles. The van der Waals surface area contributed by atoms with Crippen LogP contribution in [0.25, 0.3) is 11.1 Å². The molecule has 0 radical (unpaired) electrons. The van der Waals surface area contributed by atoms with Gasteiger partial charge >= 0.3 is 276 Å². The summed E-state index contributed by atoms with van der Waals surface area (Å²) < 4.78 is 6.45. The first-order valence-electron chi connectivity index (χ1n) is 14.8. The van der Waals surface area contributed by atoms with Crippen LogP contribution in [0.2, 0.25) is 0 Å². The summed E-state index contributed by atoms with van der Waals surface area (Å²) >= 11 is 2.97. The quantitative estimate of drug-likeness (QED) is 0.0553. The van der Waals surface area contributed by atoms with Crippen molar-refractivity contribution in [2.75, 3.05) is 51.0 Å². The number of benzene rings is 1. The number of carbonyl (C=O) groups excluding carboxylic acids is 3. The molecule has 1 aromatic carbocycles. The van der Waals surface area contributed by atoms with Crippen molar-refractivity contribution >= 4 is 50.7 Å². The Morgan fingerprint density at radius 3 is 2.59 bits per heavy atom. The molecular weight excluding hydrogens is 767 g/mol. The Balaban J connectivity index is 1.36. The Labute approximate surface area is 287 Å². The first-order chi connectivity index (χ1) is 21.9. The van der Waals surface area contributed by atoms with E-state index in [0.29, 0.717) is 47.1 Å². The van der Waals surface area contributed by atoms with E-state index >= 15 is 0 Å². The third kappa shape index (κ3) is 7.61. The van der Waals surface area contributed by atoms with Gasteiger partial charge in [0, 0.05) is 0 Å². The maximum absolute atomic E-state index is 13.9. The third-order valence-electron chi connectivity index (χ3n) is 7.92. The second-order valence-electron chi connectivity index (χ2n) is 11.7. The topological polar surface area (TPSA) is 154 Å². The van der Waals surface area contributed by atoms with E-state index in [9.17, 15) is 14.4 Å². The van der Waals surface area contributed by atoms with Gasteiger partial charge in [-0.2, -0.15) is 0 Å². The number of anilines is 2. The first kappa shape index (κ1) is 34.0. The number of likely N-dealkylation sites (tertiary alicyclic amines) is 1. The van der Waals surface area contributed by atoms with E-state index in [0.717, 1.165) is 23.2 Å². The zero-order valence-electron chi connectivity index (χ0n) is 26.4. The number of Topliss-reactive ketones (excluding diaryl/α,β-unsaturated/α-hetero) is 1. The zero-order valence-corrected chi connectivity index (χ0v) is 30.1. The third-order valence-corrected chi connectivity index (χ3v) is 12.7. The summed E-state index contributed by atoms with van der Waals surface area (Å²) in [4.78, 5) is 56.6. The fourth-order valence-corrected chi connectivity index (χ4v) is 9.38. The zero-order chi connectivity index (χ0) is 33.2. The molecule has 2 aliphatic rings. The second-order valence-corrected chi connectivity index (χ2v) is 16.5. The average Bonchev–Trinajstić information content (AvgIpc) is 3.62. The summed E-state index contributed by atoms with van der Waals surface area (Å²) in [6.07, 6.45) is 3.91. The number of likely N-dealkylation sites (N-methyl/N-ethyl adjacent to an activating group) is 1. The number of carbonyl (C=O) groups is 3. The van der Waals surface area contributed by atoms with Crippen LogP contribution < -0.4 is 31.8 Å². The number of nitrogens with zero attached hydrogens (tertiary/aromatic N) is 5. The number of rotatable bonds is 13. The minimum absolute atomic E-state index is 0.0221. The Kier molecular flexibility index (Phi) is 10.5. The number of aromatic nitrogens is 3. The van der Waals surface area contributed by atoms with Crippen molar-refractivity contribution in [3.8, 4) is 11.1 Å². The van der Waals surface area contributed by atoms with Gasteiger partial charge in [-0.25, -0.2) is 0 Å². The van der Waals surface area contributed by atoms with Crippen molar-refractivity contribution in [2.24, 2.45) is 0 Å². The molecule has 12 nitrogen and oxygen atoms in total. The number of amides is 2. The fourth-order valence-electron chi connectivity index (χ4n) is 5.27. The van der Waals surface area contributed by atoms with Crippen LogP contribution in [0.15, 0.2) is 47.3 Å². The van der Waals surface area contributed by atoms with E-state index in [2.05, 4.69) is 46.4 Å². The van der Waals surface area contributed by atoms with Crippen LogP contribution in [-0.4, -0.2) is 102 Å². The van der Waals surface area contributed by atoms with Gasteiger partial charge in [-0.15, -0.1) is 0 Å². The number of pyridine rings is 1. The second kappa shape index (κ2) is 14.2. The predicted octanol–water partition coefficient (Wildman–Crippen LogP) is 0.272. The Morgan fingerprint density at radius 2 is 1.89 bits per heavy atom. The summed E-state index contributed by atoms with van der Waals surface area (Å²) in [6.45, 7) is 6.77. The van der Waals surface area contributed by atoms with E-state index in [1.165, 1.54) is 6.92 Å². The molecule has 3 N–H and O–H groups in total. The van der Waals surface area contributed by atoms with Gasteiger partial charge < -0.3 is 0 Å². The van der Waals surface area contributed by atoms with Gasteiger partial charge in [0.15, 0.2) is 0 Å². The van der Waals surface area contributed by atoms with Gasteiger partial charge in [0.2, 0.25) is 0 Å². The predicted molar refractivity (Wildman–Crippen MR) is 175 cm³/mol. The average molecular weight is 805 g/mol. The molecule has 0 unspecified atom stereocenters. The van der Waals surface area contributed by atoms with Crippen LogP contribution in [0.4, 0.5) is 11.5 Å². The molecule has 2 saturated heterocycles. The van der Waals surface area contributed by atoms with Crippen molar-refractivity contribution in [2.45, 2.75) is 40.7 Å². The standard InChI is InChI=1S/C32H37BrIN8O4/c1-18-6-9-26(33)39-29(18)40-30(45)25-13-32(17-46-11-10-41(4)5)31(34-32)42(25)27(44)16-38-24-8-7-21(12-23(24)28(35)19(2)43)22-14-36-20(3)37-15-22/h6-9,12,14-15,25,31,35,38H,10-11,13,16-17H2,1-5H3,(H,39,40,45)/q-1/t25-,31-,32-/m0/s1. The van der Waals surface area contributed by atoms with Crippen molar-refractivity contribution in [3.05, 3.63) is 64.3 Å². The molecule has 0 spiro atoms. The van der Waals surface area contributed by atoms with Gasteiger partial charge in [0.05, 0.1) is 0 Å². The van der Waals surface area contributed by atoms with Crippen LogP contribution in [0.5, 0.6) is 0 Å². The number of aryl methyl sites for hydroxylation is 2. The van der Waals surface area contributed by atoms with Gasteiger partial charge in [0.25, 0.3) is 0 Å². The summed E-state index contributed by atoms with van der Waals surface area (Å²) in [5.41, 5.74) is 2.97. The molecule has 0 saturated carbocycles. The molecule has 2 fully saturated rings. The monoisotopic (exact) mass is 803 g/mol. The number of hydrogen-bond donors (Lipinski definition) is 3.